The van der Waals surface area contributed by atoms with Crippen LogP contribution in [0.15, 0.2) is 18.2 Å². The maximum Gasteiger partial charge on any atom is 0.144 e. The van der Waals surface area contributed by atoms with Crippen molar-refractivity contribution in [3.63, 3.8) is 0 Å². The zero-order chi connectivity index (χ0) is 14.0. The summed E-state index contributed by atoms with van der Waals surface area (Å²) in [6, 6.07) is 6.65. The first-order chi connectivity index (χ1) is 8.99. The van der Waals surface area contributed by atoms with Crippen molar-refractivity contribution in [3.05, 3.63) is 18.2 Å². The molecule has 4 heteroatoms. The van der Waals surface area contributed by atoms with Gasteiger partial charge in [-0.1, -0.05) is 6.07 Å². The lowest BCUT2D eigenvalue weighted by Crippen LogP contribution is -2.31. The van der Waals surface area contributed by atoms with Gasteiger partial charge in [-0.15, -0.1) is 0 Å². The summed E-state index contributed by atoms with van der Waals surface area (Å²) in [4.78, 5) is 4.64. The van der Waals surface area contributed by atoms with Gasteiger partial charge in [-0.25, -0.2) is 0 Å². The van der Waals surface area contributed by atoms with E-state index in [0.29, 0.717) is 6.04 Å². The Morgan fingerprint density at radius 3 is 2.68 bits per heavy atom. The van der Waals surface area contributed by atoms with Gasteiger partial charge in [0.25, 0.3) is 0 Å². The van der Waals surface area contributed by atoms with Crippen LogP contribution >= 0.6 is 0 Å². The molecule has 1 aromatic rings. The summed E-state index contributed by atoms with van der Waals surface area (Å²) in [6.07, 6.45) is 1.33. The van der Waals surface area contributed by atoms with Gasteiger partial charge in [0.05, 0.1) is 17.5 Å². The Labute approximate surface area is 116 Å². The highest BCUT2D eigenvalue weighted by Gasteiger charge is 2.25. The fourth-order valence-electron chi connectivity index (χ4n) is 2.55. The van der Waals surface area contributed by atoms with Crippen LogP contribution in [0.1, 0.15) is 20.3 Å². The molecule has 1 aliphatic heterocycles. The molecule has 19 heavy (non-hydrogen) atoms. The summed E-state index contributed by atoms with van der Waals surface area (Å²) in [5.41, 5.74) is 8.11. The van der Waals surface area contributed by atoms with Crippen molar-refractivity contribution in [2.24, 2.45) is 0 Å². The van der Waals surface area contributed by atoms with E-state index < -0.39 is 0 Å². The van der Waals surface area contributed by atoms with Crippen LogP contribution in [0.2, 0.25) is 0 Å². The molecule has 1 unspecified atom stereocenters. The molecule has 0 saturated carbocycles. The highest BCUT2D eigenvalue weighted by atomic mass is 16.5. The molecule has 1 fully saturated rings. The average molecular weight is 263 g/mol. The molecular weight excluding hydrogens is 238 g/mol. The summed E-state index contributed by atoms with van der Waals surface area (Å²) in [5, 5.41) is 0. The third-order valence-corrected chi connectivity index (χ3v) is 3.64. The number of hydrogen-bond acceptors (Lipinski definition) is 4. The van der Waals surface area contributed by atoms with E-state index in [9.17, 15) is 0 Å². The maximum absolute atomic E-state index is 6.25. The first-order valence-electron chi connectivity index (χ1n) is 6.95. The van der Waals surface area contributed by atoms with E-state index in [1.54, 1.807) is 0 Å². The van der Waals surface area contributed by atoms with E-state index in [4.69, 9.17) is 10.5 Å². The normalized spacial score (nSPS) is 19.5. The van der Waals surface area contributed by atoms with Crippen LogP contribution < -0.4 is 15.4 Å². The molecule has 0 aromatic heterocycles. The minimum absolute atomic E-state index is 0.144. The molecule has 1 aromatic carbocycles. The number of nitrogen functional groups attached to an aromatic ring is 1. The standard InChI is InChI=1S/C15H25N3O/c1-11(2)19-14-7-5-6-13(15(14)16)18-9-8-12(10-18)17(3)4/h5-7,11-12H,8-10,16H2,1-4H3. The van der Waals surface area contributed by atoms with Gasteiger partial charge >= 0.3 is 0 Å². The quantitative estimate of drug-likeness (QED) is 0.846. The van der Waals surface area contributed by atoms with Gasteiger partial charge in [-0.3, -0.25) is 0 Å². The van der Waals surface area contributed by atoms with Gasteiger partial charge in [0, 0.05) is 19.1 Å². The molecule has 1 aliphatic rings. The second-order valence-electron chi connectivity index (χ2n) is 5.71. The molecule has 2 N–H and O–H groups in total. The molecule has 0 bridgehead atoms. The SMILES string of the molecule is CC(C)Oc1cccc(N2CCC(N(C)C)C2)c1N. The highest BCUT2D eigenvalue weighted by Crippen LogP contribution is 2.34. The van der Waals surface area contributed by atoms with Crippen molar-refractivity contribution in [1.82, 2.24) is 4.90 Å². The Bertz CT molecular complexity index is 431. The van der Waals surface area contributed by atoms with Crippen LogP contribution in [-0.4, -0.2) is 44.2 Å². The van der Waals surface area contributed by atoms with Gasteiger partial charge in [0.1, 0.15) is 5.75 Å². The Kier molecular flexibility index (Phi) is 4.20. The number of para-hydroxylation sites is 1. The zero-order valence-corrected chi connectivity index (χ0v) is 12.4. The predicted octanol–water partition coefficient (Wildman–Crippen LogP) is 2.20. The minimum Gasteiger partial charge on any atom is -0.489 e. The van der Waals surface area contributed by atoms with E-state index in [1.807, 2.05) is 26.0 Å². The predicted molar refractivity (Wildman–Crippen MR) is 80.9 cm³/mol. The summed E-state index contributed by atoms with van der Waals surface area (Å²) in [7, 11) is 4.27. The molecule has 1 saturated heterocycles. The zero-order valence-electron chi connectivity index (χ0n) is 12.4. The van der Waals surface area contributed by atoms with Crippen LogP contribution in [-0.2, 0) is 0 Å². The molecule has 2 rings (SSSR count). The largest absolute Gasteiger partial charge is 0.489 e. The van der Waals surface area contributed by atoms with Crippen molar-refractivity contribution in [2.45, 2.75) is 32.4 Å². The summed E-state index contributed by atoms with van der Waals surface area (Å²) in [5.74, 6) is 0.792. The van der Waals surface area contributed by atoms with Crippen molar-refractivity contribution in [2.75, 3.05) is 37.8 Å². The molecule has 4 nitrogen and oxygen atoms in total. The number of rotatable bonds is 4. The van der Waals surface area contributed by atoms with Crippen LogP contribution in [0.5, 0.6) is 5.75 Å². The Morgan fingerprint density at radius 2 is 2.11 bits per heavy atom. The van der Waals surface area contributed by atoms with Gasteiger partial charge in [-0.05, 0) is 46.5 Å². The third-order valence-electron chi connectivity index (χ3n) is 3.64. The summed E-state index contributed by atoms with van der Waals surface area (Å²) < 4.78 is 5.76. The number of anilines is 2. The molecule has 106 valence electrons. The number of hydrogen-bond donors (Lipinski definition) is 1. The topological polar surface area (TPSA) is 41.7 Å². The Morgan fingerprint density at radius 1 is 1.37 bits per heavy atom. The first kappa shape index (κ1) is 14.0. The molecule has 1 heterocycles. The second-order valence-corrected chi connectivity index (χ2v) is 5.71. The summed E-state index contributed by atoms with van der Waals surface area (Å²) >= 11 is 0. The van der Waals surface area contributed by atoms with Crippen LogP contribution in [0.4, 0.5) is 11.4 Å². The van der Waals surface area contributed by atoms with E-state index >= 15 is 0 Å². The fourth-order valence-corrected chi connectivity index (χ4v) is 2.55. The van der Waals surface area contributed by atoms with Crippen LogP contribution in [0.3, 0.4) is 0 Å². The molecule has 1 atom stereocenters. The lowest BCUT2D eigenvalue weighted by atomic mass is 10.2. The van der Waals surface area contributed by atoms with E-state index in [-0.39, 0.29) is 6.10 Å². The molecule has 0 radical (unpaired) electrons. The highest BCUT2D eigenvalue weighted by molar-refractivity contribution is 5.74. The Hall–Kier alpha value is -1.42. The number of likely N-dealkylation sites (N-methyl/N-ethyl adjacent to an activating group) is 1. The molecule has 0 spiro atoms. The van der Waals surface area contributed by atoms with Crippen molar-refractivity contribution in [3.8, 4) is 5.75 Å². The van der Waals surface area contributed by atoms with E-state index in [1.165, 1.54) is 6.42 Å². The smallest absolute Gasteiger partial charge is 0.144 e. The monoisotopic (exact) mass is 263 g/mol. The number of ether oxygens (including phenoxy) is 1. The summed E-state index contributed by atoms with van der Waals surface area (Å²) in [6.45, 7) is 6.12. The number of benzene rings is 1. The van der Waals surface area contributed by atoms with Crippen LogP contribution in [0.25, 0.3) is 0 Å². The number of nitrogens with two attached hydrogens (primary N) is 1. The molecule has 0 aliphatic carbocycles. The van der Waals surface area contributed by atoms with Gasteiger partial charge in [-0.2, -0.15) is 0 Å². The van der Waals surface area contributed by atoms with Gasteiger partial charge in [0.15, 0.2) is 0 Å². The average Bonchev–Trinajstić information content (AvgIpc) is 2.80. The van der Waals surface area contributed by atoms with Gasteiger partial charge in [0.2, 0.25) is 0 Å². The lowest BCUT2D eigenvalue weighted by molar-refractivity contribution is 0.244. The van der Waals surface area contributed by atoms with Crippen LogP contribution in [0, 0.1) is 0 Å². The van der Waals surface area contributed by atoms with Gasteiger partial charge < -0.3 is 20.3 Å². The van der Waals surface area contributed by atoms with E-state index in [0.717, 1.165) is 30.2 Å². The van der Waals surface area contributed by atoms with Crippen molar-refractivity contribution < 1.29 is 4.74 Å². The Balaban J connectivity index is 2.17. The van der Waals surface area contributed by atoms with Crippen molar-refractivity contribution >= 4 is 11.4 Å². The molecular formula is C15H25N3O. The van der Waals surface area contributed by atoms with Crippen molar-refractivity contribution in [1.29, 1.82) is 0 Å². The molecule has 0 amide bonds. The minimum atomic E-state index is 0.144. The second kappa shape index (κ2) is 5.70. The lowest BCUT2D eigenvalue weighted by Gasteiger charge is -2.24. The first-order valence-corrected chi connectivity index (χ1v) is 6.95. The van der Waals surface area contributed by atoms with E-state index in [2.05, 4.69) is 30.0 Å². The fraction of sp³-hybridized carbons (Fsp3) is 0.600. The maximum atomic E-state index is 6.25. The number of nitrogens with zero attached hydrogens (tertiary/aromatic N) is 2. The third kappa shape index (κ3) is 3.13.